The SMILES string of the molecule is Nc1cccc2c1CCCN2C(=O)CCNC(=O)N1CCc2ccccc2C1. The van der Waals surface area contributed by atoms with E-state index in [1.807, 2.05) is 35.2 Å². The minimum absolute atomic E-state index is 0.0239. The summed E-state index contributed by atoms with van der Waals surface area (Å²) in [5.41, 5.74) is 11.3. The summed E-state index contributed by atoms with van der Waals surface area (Å²) in [7, 11) is 0. The highest BCUT2D eigenvalue weighted by atomic mass is 16.2. The Kier molecular flexibility index (Phi) is 5.19. The molecule has 0 spiro atoms. The van der Waals surface area contributed by atoms with E-state index >= 15 is 0 Å². The number of nitrogens with two attached hydrogens (primary N) is 1. The summed E-state index contributed by atoms with van der Waals surface area (Å²) in [5.74, 6) is 0.0239. The van der Waals surface area contributed by atoms with E-state index in [2.05, 4.69) is 17.4 Å². The van der Waals surface area contributed by atoms with Gasteiger partial charge in [0.2, 0.25) is 5.91 Å². The zero-order valence-corrected chi connectivity index (χ0v) is 16.0. The van der Waals surface area contributed by atoms with Crippen LogP contribution in [0.1, 0.15) is 29.5 Å². The van der Waals surface area contributed by atoms with Crippen molar-refractivity contribution in [2.24, 2.45) is 0 Å². The molecule has 3 N–H and O–H groups in total. The van der Waals surface area contributed by atoms with Gasteiger partial charge in [-0.15, -0.1) is 0 Å². The molecule has 6 heteroatoms. The summed E-state index contributed by atoms with van der Waals surface area (Å²) in [4.78, 5) is 28.8. The Morgan fingerprint density at radius 3 is 2.68 bits per heavy atom. The molecule has 146 valence electrons. The predicted molar refractivity (Wildman–Crippen MR) is 110 cm³/mol. The Morgan fingerprint density at radius 2 is 1.82 bits per heavy atom. The lowest BCUT2D eigenvalue weighted by Crippen LogP contribution is -2.44. The third-order valence-electron chi connectivity index (χ3n) is 5.62. The van der Waals surface area contributed by atoms with Crippen molar-refractivity contribution < 1.29 is 9.59 Å². The largest absolute Gasteiger partial charge is 0.398 e. The molecular weight excluding hydrogens is 352 g/mol. The number of fused-ring (bicyclic) bond motifs is 2. The summed E-state index contributed by atoms with van der Waals surface area (Å²) in [5, 5.41) is 2.90. The van der Waals surface area contributed by atoms with Gasteiger partial charge in [-0.05, 0) is 48.1 Å². The molecular formula is C22H26N4O2. The van der Waals surface area contributed by atoms with Gasteiger partial charge in [0.05, 0.1) is 0 Å². The van der Waals surface area contributed by atoms with Crippen LogP contribution in [0.4, 0.5) is 16.2 Å². The van der Waals surface area contributed by atoms with E-state index in [4.69, 9.17) is 5.73 Å². The van der Waals surface area contributed by atoms with Gasteiger partial charge >= 0.3 is 6.03 Å². The van der Waals surface area contributed by atoms with Gasteiger partial charge in [0.15, 0.2) is 0 Å². The second kappa shape index (κ2) is 7.92. The minimum Gasteiger partial charge on any atom is -0.398 e. The molecule has 0 atom stereocenters. The van der Waals surface area contributed by atoms with Gasteiger partial charge in [0, 0.05) is 44.0 Å². The number of amides is 3. The topological polar surface area (TPSA) is 78.7 Å². The minimum atomic E-state index is -0.106. The molecule has 0 saturated heterocycles. The normalized spacial score (nSPS) is 15.6. The summed E-state index contributed by atoms with van der Waals surface area (Å²) < 4.78 is 0. The first kappa shape index (κ1) is 18.3. The van der Waals surface area contributed by atoms with Crippen LogP contribution in [-0.2, 0) is 24.2 Å². The van der Waals surface area contributed by atoms with E-state index in [0.29, 0.717) is 26.2 Å². The Labute approximate surface area is 165 Å². The Hall–Kier alpha value is -3.02. The Bertz CT molecular complexity index is 896. The quantitative estimate of drug-likeness (QED) is 0.806. The zero-order valence-electron chi connectivity index (χ0n) is 16.0. The van der Waals surface area contributed by atoms with Gasteiger partial charge in [-0.2, -0.15) is 0 Å². The number of nitrogen functional groups attached to an aromatic ring is 1. The molecule has 4 rings (SSSR count). The molecule has 0 saturated carbocycles. The number of nitrogens with one attached hydrogen (secondary N) is 1. The number of urea groups is 1. The highest BCUT2D eigenvalue weighted by Gasteiger charge is 2.24. The van der Waals surface area contributed by atoms with E-state index in [0.717, 1.165) is 36.2 Å². The van der Waals surface area contributed by atoms with Crippen LogP contribution in [0.5, 0.6) is 0 Å². The Morgan fingerprint density at radius 1 is 1.00 bits per heavy atom. The lowest BCUT2D eigenvalue weighted by molar-refractivity contribution is -0.118. The fourth-order valence-corrected chi connectivity index (χ4v) is 4.10. The van der Waals surface area contributed by atoms with Crippen LogP contribution in [-0.4, -0.2) is 36.5 Å². The number of rotatable bonds is 3. The fraction of sp³-hybridized carbons (Fsp3) is 0.364. The van der Waals surface area contributed by atoms with Crippen molar-refractivity contribution >= 4 is 23.3 Å². The Balaban J connectivity index is 1.31. The van der Waals surface area contributed by atoms with Crippen molar-refractivity contribution in [3.05, 3.63) is 59.2 Å². The summed E-state index contributed by atoms with van der Waals surface area (Å²) in [6.07, 6.45) is 2.96. The fourth-order valence-electron chi connectivity index (χ4n) is 4.10. The molecule has 2 aliphatic rings. The number of carbonyl (C=O) groups is 2. The molecule has 0 fully saturated rings. The maximum absolute atomic E-state index is 12.7. The third kappa shape index (κ3) is 3.67. The molecule has 0 unspecified atom stereocenters. The van der Waals surface area contributed by atoms with E-state index < -0.39 is 0 Å². The van der Waals surface area contributed by atoms with Crippen LogP contribution in [0.15, 0.2) is 42.5 Å². The number of anilines is 2. The number of carbonyl (C=O) groups excluding carboxylic acids is 2. The predicted octanol–water partition coefficient (Wildman–Crippen LogP) is 2.71. The van der Waals surface area contributed by atoms with Gasteiger partial charge in [-0.1, -0.05) is 30.3 Å². The number of nitrogens with zero attached hydrogens (tertiary/aromatic N) is 2. The van der Waals surface area contributed by atoms with Crippen molar-refractivity contribution in [1.29, 1.82) is 0 Å². The maximum Gasteiger partial charge on any atom is 0.317 e. The van der Waals surface area contributed by atoms with Gasteiger partial charge < -0.3 is 20.9 Å². The first-order chi connectivity index (χ1) is 13.6. The second-order valence-corrected chi connectivity index (χ2v) is 7.42. The summed E-state index contributed by atoms with van der Waals surface area (Å²) in [6, 6.07) is 13.8. The molecule has 6 nitrogen and oxygen atoms in total. The van der Waals surface area contributed by atoms with Crippen LogP contribution < -0.4 is 16.0 Å². The van der Waals surface area contributed by atoms with E-state index in [9.17, 15) is 9.59 Å². The summed E-state index contributed by atoms with van der Waals surface area (Å²) in [6.45, 7) is 2.36. The van der Waals surface area contributed by atoms with E-state index in [-0.39, 0.29) is 18.4 Å². The van der Waals surface area contributed by atoms with Crippen molar-refractivity contribution in [1.82, 2.24) is 10.2 Å². The number of hydrogen-bond donors (Lipinski definition) is 2. The molecule has 0 radical (unpaired) electrons. The monoisotopic (exact) mass is 378 g/mol. The second-order valence-electron chi connectivity index (χ2n) is 7.42. The highest BCUT2D eigenvalue weighted by molar-refractivity contribution is 5.95. The van der Waals surface area contributed by atoms with Crippen LogP contribution in [0.2, 0.25) is 0 Å². The average Bonchev–Trinajstić information content (AvgIpc) is 2.73. The molecule has 2 aromatic rings. The van der Waals surface area contributed by atoms with Crippen molar-refractivity contribution in [3.8, 4) is 0 Å². The number of hydrogen-bond acceptors (Lipinski definition) is 3. The first-order valence-corrected chi connectivity index (χ1v) is 9.91. The molecule has 0 bridgehead atoms. The van der Waals surface area contributed by atoms with Crippen LogP contribution in [0.3, 0.4) is 0 Å². The van der Waals surface area contributed by atoms with Gasteiger partial charge in [0.25, 0.3) is 0 Å². The van der Waals surface area contributed by atoms with Crippen LogP contribution >= 0.6 is 0 Å². The molecule has 28 heavy (non-hydrogen) atoms. The standard InChI is InChI=1S/C22H26N4O2/c23-19-8-3-9-20-18(19)7-4-13-26(20)21(27)10-12-24-22(28)25-14-11-16-5-1-2-6-17(16)15-25/h1-3,5-6,8-9H,4,7,10-15,23H2,(H,24,28). The molecule has 3 amide bonds. The lowest BCUT2D eigenvalue weighted by Gasteiger charge is -2.31. The van der Waals surface area contributed by atoms with Crippen molar-refractivity contribution in [2.75, 3.05) is 30.3 Å². The highest BCUT2D eigenvalue weighted by Crippen LogP contribution is 2.31. The van der Waals surface area contributed by atoms with Crippen molar-refractivity contribution in [3.63, 3.8) is 0 Å². The van der Waals surface area contributed by atoms with Gasteiger partial charge in [-0.3, -0.25) is 4.79 Å². The zero-order chi connectivity index (χ0) is 19.5. The van der Waals surface area contributed by atoms with Crippen LogP contribution in [0.25, 0.3) is 0 Å². The van der Waals surface area contributed by atoms with E-state index in [1.165, 1.54) is 11.1 Å². The van der Waals surface area contributed by atoms with Gasteiger partial charge in [0.1, 0.15) is 0 Å². The number of benzene rings is 2. The molecule has 0 aliphatic carbocycles. The summed E-state index contributed by atoms with van der Waals surface area (Å²) >= 11 is 0. The third-order valence-corrected chi connectivity index (χ3v) is 5.62. The first-order valence-electron chi connectivity index (χ1n) is 9.91. The van der Waals surface area contributed by atoms with E-state index in [1.54, 1.807) is 4.90 Å². The average molecular weight is 378 g/mol. The van der Waals surface area contributed by atoms with Crippen LogP contribution in [0, 0.1) is 0 Å². The lowest BCUT2D eigenvalue weighted by atomic mass is 9.99. The molecule has 0 aromatic heterocycles. The molecule has 2 aliphatic heterocycles. The molecule has 2 aromatic carbocycles. The van der Waals surface area contributed by atoms with Gasteiger partial charge in [-0.25, -0.2) is 4.79 Å². The smallest absolute Gasteiger partial charge is 0.317 e. The molecule has 2 heterocycles. The maximum atomic E-state index is 12.7. The van der Waals surface area contributed by atoms with Crippen molar-refractivity contribution in [2.45, 2.75) is 32.2 Å².